The fourth-order valence-corrected chi connectivity index (χ4v) is 0. The van der Waals surface area contributed by atoms with Crippen LogP contribution < -0.4 is 0 Å². The Bertz CT molecular complexity index is 8.00. The molecule has 0 unspecified atom stereocenters. The van der Waals surface area contributed by atoms with Gasteiger partial charge in [-0.15, -0.1) is 0 Å². The van der Waals surface area contributed by atoms with Crippen LogP contribution in [0.5, 0.6) is 0 Å². The minimum atomic E-state index is -5.12. The molecular formula is F3Zn. The maximum absolute atomic E-state index is 9.88. The maximum atomic E-state index is 9.88. The summed E-state index contributed by atoms with van der Waals surface area (Å²) in [6.45, 7) is 0. The molecule has 23 valence electrons. The van der Waals surface area contributed by atoms with Crippen molar-refractivity contribution in [1.29, 1.82) is 0 Å². The molecule has 0 spiro atoms. The fourth-order valence-electron chi connectivity index (χ4n) is 0. The molecule has 0 atom stereocenters. The average molecular weight is 122 g/mol. The molecule has 0 aliphatic heterocycles. The van der Waals surface area contributed by atoms with E-state index >= 15 is 0 Å². The quantitative estimate of drug-likeness (QED) is 0.424. The van der Waals surface area contributed by atoms with E-state index in [9.17, 15) is 9.95 Å². The predicted octanol–water partition coefficient (Wildman–Crippen LogP) is 1.26. The van der Waals surface area contributed by atoms with Crippen LogP contribution in [0.4, 0.5) is 9.95 Å². The number of hydrogen-bond donors (Lipinski definition) is 0. The number of halogens is 3. The van der Waals surface area contributed by atoms with E-state index in [1.165, 1.54) is 0 Å². The first-order chi connectivity index (χ1) is 1.73. The van der Waals surface area contributed by atoms with E-state index in [4.69, 9.17) is 0 Å². The molecular weight excluding hydrogens is 122 g/mol. The molecule has 0 radical (unpaired) electrons. The van der Waals surface area contributed by atoms with Crippen molar-refractivity contribution in [2.24, 2.45) is 0 Å². The van der Waals surface area contributed by atoms with Gasteiger partial charge in [-0.1, -0.05) is 0 Å². The molecule has 0 aliphatic rings. The van der Waals surface area contributed by atoms with Crippen LogP contribution >= 0.6 is 0 Å². The van der Waals surface area contributed by atoms with Crippen molar-refractivity contribution in [3.63, 3.8) is 0 Å². The first-order valence-corrected chi connectivity index (χ1v) is 4.17. The van der Waals surface area contributed by atoms with Crippen molar-refractivity contribution >= 4 is 0 Å². The molecule has 0 rings (SSSR count). The molecule has 0 heterocycles. The summed E-state index contributed by atoms with van der Waals surface area (Å²) in [5.74, 6) is 0. The summed E-state index contributed by atoms with van der Waals surface area (Å²) in [5, 5.41) is 0. The SMILES string of the molecule is [F][Zn]([F])[F]. The molecule has 0 saturated heterocycles. The van der Waals surface area contributed by atoms with Gasteiger partial charge in [0.25, 0.3) is 0 Å². The number of rotatable bonds is 0. The third kappa shape index (κ3) is 28.2. The van der Waals surface area contributed by atoms with Crippen molar-refractivity contribution in [2.75, 3.05) is 0 Å². The zero-order valence-corrected chi connectivity index (χ0v) is 4.81. The van der Waals surface area contributed by atoms with Crippen LogP contribution in [-0.2, 0) is 17.4 Å². The van der Waals surface area contributed by atoms with Gasteiger partial charge in [-0.3, -0.25) is 0 Å². The van der Waals surface area contributed by atoms with Crippen molar-refractivity contribution in [3.8, 4) is 0 Å². The molecule has 4 heavy (non-hydrogen) atoms. The van der Waals surface area contributed by atoms with E-state index in [0.717, 1.165) is 0 Å². The minimum absolute atomic E-state index is 5.12. The van der Waals surface area contributed by atoms with Crippen LogP contribution in [0.1, 0.15) is 0 Å². The van der Waals surface area contributed by atoms with Gasteiger partial charge < -0.3 is 0 Å². The summed E-state index contributed by atoms with van der Waals surface area (Å²) in [6.07, 6.45) is 0. The number of hydrogen-bond acceptors (Lipinski definition) is 0. The van der Waals surface area contributed by atoms with Crippen molar-refractivity contribution in [2.45, 2.75) is 0 Å². The Morgan fingerprint density at radius 1 is 1.00 bits per heavy atom. The molecule has 0 aromatic heterocycles. The molecule has 0 N–H and O–H groups in total. The monoisotopic (exact) mass is 121 g/mol. The summed E-state index contributed by atoms with van der Waals surface area (Å²) in [4.78, 5) is 0. The second-order valence-electron chi connectivity index (χ2n) is 0.303. The van der Waals surface area contributed by atoms with E-state index in [0.29, 0.717) is 0 Å². The zero-order chi connectivity index (χ0) is 3.58. The van der Waals surface area contributed by atoms with E-state index < -0.39 is 17.4 Å². The molecule has 0 amide bonds. The van der Waals surface area contributed by atoms with Gasteiger partial charge in [-0.25, -0.2) is 0 Å². The van der Waals surface area contributed by atoms with Gasteiger partial charge in [0.15, 0.2) is 0 Å². The van der Waals surface area contributed by atoms with Crippen LogP contribution in [0, 0.1) is 0 Å². The van der Waals surface area contributed by atoms with Gasteiger partial charge in [0.1, 0.15) is 0 Å². The zero-order valence-electron chi connectivity index (χ0n) is 1.84. The topological polar surface area (TPSA) is 0 Å². The summed E-state index contributed by atoms with van der Waals surface area (Å²) in [6, 6.07) is 0. The molecule has 0 saturated carbocycles. The molecule has 0 aliphatic carbocycles. The molecule has 0 fully saturated rings. The second kappa shape index (κ2) is 1.71. The van der Waals surface area contributed by atoms with E-state index in [1.807, 2.05) is 0 Å². The molecule has 4 heteroatoms. The summed E-state index contributed by atoms with van der Waals surface area (Å²) in [7, 11) is 0. The third-order valence-electron chi connectivity index (χ3n) is 0. The first-order valence-electron chi connectivity index (χ1n) is 0.802. The summed E-state index contributed by atoms with van der Waals surface area (Å²) < 4.78 is 29.6. The van der Waals surface area contributed by atoms with Crippen LogP contribution in [0.15, 0.2) is 0 Å². The van der Waals surface area contributed by atoms with Gasteiger partial charge in [-0.2, -0.15) is 0 Å². The molecule has 0 aromatic carbocycles. The van der Waals surface area contributed by atoms with Gasteiger partial charge in [0.2, 0.25) is 0 Å². The first kappa shape index (κ1) is 4.41. The van der Waals surface area contributed by atoms with Crippen molar-refractivity contribution < 1.29 is 27.4 Å². The van der Waals surface area contributed by atoms with Gasteiger partial charge in [0, 0.05) is 0 Å². The van der Waals surface area contributed by atoms with Crippen molar-refractivity contribution in [3.05, 3.63) is 0 Å². The van der Waals surface area contributed by atoms with Crippen LogP contribution in [0.3, 0.4) is 0 Å². The second-order valence-corrected chi connectivity index (χ2v) is 1.57. The Morgan fingerprint density at radius 3 is 1.00 bits per heavy atom. The summed E-state index contributed by atoms with van der Waals surface area (Å²) >= 11 is -5.12. The van der Waals surface area contributed by atoms with Crippen molar-refractivity contribution in [1.82, 2.24) is 0 Å². The fraction of sp³-hybridized carbons (Fsp3) is 0. The van der Waals surface area contributed by atoms with E-state index in [-0.39, 0.29) is 0 Å². The molecule has 0 aromatic rings. The Morgan fingerprint density at radius 2 is 1.00 bits per heavy atom. The van der Waals surface area contributed by atoms with E-state index in [1.54, 1.807) is 0 Å². The van der Waals surface area contributed by atoms with Gasteiger partial charge in [-0.05, 0) is 0 Å². The Labute approximate surface area is 28.2 Å². The third-order valence-corrected chi connectivity index (χ3v) is 0. The summed E-state index contributed by atoms with van der Waals surface area (Å²) in [5.41, 5.74) is 0. The molecule has 0 bridgehead atoms. The van der Waals surface area contributed by atoms with Crippen LogP contribution in [0.2, 0.25) is 0 Å². The van der Waals surface area contributed by atoms with Crippen LogP contribution in [0.25, 0.3) is 0 Å². The van der Waals surface area contributed by atoms with Crippen LogP contribution in [-0.4, -0.2) is 0 Å². The normalized spacial score (nSPS) is 6.75. The Balaban J connectivity index is 2.32. The molecule has 0 nitrogen and oxygen atoms in total. The standard InChI is InChI=1S/3FH.Zn/h3*1H;/q;;;+3/p-3. The predicted molar refractivity (Wildman–Crippen MR) is 3.32 cm³/mol. The van der Waals surface area contributed by atoms with E-state index in [2.05, 4.69) is 0 Å². The van der Waals surface area contributed by atoms with Gasteiger partial charge >= 0.3 is 27.4 Å². The average Bonchev–Trinajstić information content (AvgIpc) is 0.811. The van der Waals surface area contributed by atoms with Gasteiger partial charge in [0.05, 0.1) is 0 Å². The Hall–Kier alpha value is 0.413. The Kier molecular flexibility index (Phi) is 1.88.